The van der Waals surface area contributed by atoms with E-state index in [-0.39, 0.29) is 113 Å². The molecule has 1 unspecified atom stereocenters. The van der Waals surface area contributed by atoms with Gasteiger partial charge in [-0.25, -0.2) is 34.6 Å². The normalized spacial score (nSPS) is 15.0. The van der Waals surface area contributed by atoms with Crippen molar-refractivity contribution in [1.82, 2.24) is 129 Å². The summed E-state index contributed by atoms with van der Waals surface area (Å²) in [6.45, 7) is 9.34. The quantitative estimate of drug-likeness (QED) is 0.0221. The predicted molar refractivity (Wildman–Crippen MR) is 582 cm³/mol. The maximum Gasteiger partial charge on any atom is 1.00 e. The third kappa shape index (κ3) is 36.5. The van der Waals surface area contributed by atoms with E-state index >= 15 is 0 Å². The number of rotatable bonds is 22. The first-order chi connectivity index (χ1) is 71.5. The van der Waals surface area contributed by atoms with Crippen molar-refractivity contribution in [3.8, 4) is 90.6 Å². The minimum absolute atomic E-state index is 0. The molecule has 46 heteroatoms. The molecule has 0 bridgehead atoms. The van der Waals surface area contributed by atoms with Gasteiger partial charge in [0, 0.05) is 153 Å². The second-order valence-electron chi connectivity index (χ2n) is 35.0. The summed E-state index contributed by atoms with van der Waals surface area (Å²) < 4.78 is 45.8. The van der Waals surface area contributed by atoms with Crippen LogP contribution in [0.1, 0.15) is 137 Å². The first-order valence-electron chi connectivity index (χ1n) is 49.1. The molecule has 0 spiro atoms. The summed E-state index contributed by atoms with van der Waals surface area (Å²) in [6.07, 6.45) is 45.1. The monoisotopic (exact) mass is 2580 g/mol. The van der Waals surface area contributed by atoms with E-state index < -0.39 is 8.25 Å². The number of aryl methyl sites for hydroxylation is 3. The summed E-state index contributed by atoms with van der Waals surface area (Å²) in [4.78, 5) is 37.9. The third-order valence-electron chi connectivity index (χ3n) is 25.4. The van der Waals surface area contributed by atoms with Gasteiger partial charge in [0.25, 0.3) is 0 Å². The van der Waals surface area contributed by atoms with Gasteiger partial charge >= 0.3 is 185 Å². The molecule has 5 fully saturated rings. The molecular formula is C103H116BrCuI3K3N27NaO8P2. The molecule has 22 rings (SSSR count). The number of anilines is 1. The second-order valence-corrected chi connectivity index (χ2v) is 40.5. The van der Waals surface area contributed by atoms with Crippen LogP contribution in [-0.4, -0.2) is 273 Å². The first kappa shape index (κ1) is 125. The standard InChI is InChI=1S/C26H35O2P.C24H23N9O.C20H15BrN8.C20H15IN8.C9H19N.C4H9NO.Cu.2HI.3K.Na.HO4P/c1-27-23-17-11-18-24(28-2)26(23)22-16-9-10-19-25(22)29(20-12-5-3-6-13-20)21-14-7-4-8-15-21;1-31-16-19(13-27-31)21-5-6-22-28-29-23(33(22)30-21)12-17-3-2-4-18(11-17)24-25-14-20(15-26-24)32-7-9-34-10-8-32;2*1-28-12-15(9-24-28)17-5-6-18-25-26-19(29(18)27-17)8-13-3-2-4-14(7-13)20-22-10-16(21)11-23-20;1-3-8-6-4-5-7-9(8)10-2;1-3-6-4-2-5-1;;;;;;;;1-4-5(2)3/h9-11,16-21H,3-8,12-15H2,1-2H3;2-6,11,13-16H,7-10,12H2,1H3;2*2-7,9-12H,8H2,1H3;8-10H,3-7H2,1-2H3;5H,1-4H2;;2*1H;;;;;1H/q;;;;;;+1;;;;;2*+1;/p-3/t;;;;8-,9-;;;;;;;;;/m....0........./s1. The number of methoxy groups -OCH3 is 2. The van der Waals surface area contributed by atoms with Gasteiger partial charge in [-0.05, 0) is 200 Å². The molecule has 3 atom stereocenters. The van der Waals surface area contributed by atoms with Crippen molar-refractivity contribution in [2.24, 2.45) is 27.1 Å². The van der Waals surface area contributed by atoms with E-state index in [2.05, 4.69) is 228 Å². The molecule has 2 aliphatic heterocycles. The number of nitrogens with one attached hydrogen (secondary N) is 2. The summed E-state index contributed by atoms with van der Waals surface area (Å²) in [7, 11) is 7.96. The third-order valence-corrected chi connectivity index (χ3v) is 30.0. The number of nitrogens with zero attached hydrogens (tertiary/aromatic N) is 25. The van der Waals surface area contributed by atoms with Gasteiger partial charge in [0.2, 0.25) is 0 Å². The molecule has 149 heavy (non-hydrogen) atoms. The van der Waals surface area contributed by atoms with Crippen molar-refractivity contribution >= 4 is 166 Å². The summed E-state index contributed by atoms with van der Waals surface area (Å²) in [5.74, 6) is 7.17. The fourth-order valence-corrected chi connectivity index (χ4v) is 22.8. The number of benzene rings is 5. The van der Waals surface area contributed by atoms with Crippen molar-refractivity contribution in [2.45, 2.75) is 140 Å². The van der Waals surface area contributed by atoms with E-state index in [0.717, 1.165) is 191 Å². The smallest absolute Gasteiger partial charge is 1.00 e. The Morgan fingerprint density at radius 3 is 1.26 bits per heavy atom. The molecule has 3 aliphatic carbocycles. The molecule has 0 radical (unpaired) electrons. The van der Waals surface area contributed by atoms with Gasteiger partial charge in [0.15, 0.2) is 51.9 Å². The Hall–Kier alpha value is -4.63. The molecule has 35 nitrogen and oxygen atoms in total. The van der Waals surface area contributed by atoms with E-state index in [1.807, 2.05) is 149 Å². The van der Waals surface area contributed by atoms with Crippen LogP contribution in [-0.2, 0) is 71.9 Å². The van der Waals surface area contributed by atoms with Gasteiger partial charge in [-0.15, -0.1) is 30.6 Å². The van der Waals surface area contributed by atoms with Crippen LogP contribution in [0.25, 0.3) is 96.0 Å². The molecule has 17 aromatic rings. The van der Waals surface area contributed by atoms with Crippen LogP contribution in [0, 0.1) is 9.49 Å². The zero-order chi connectivity index (χ0) is 102. The molecule has 14 heterocycles. The minimum Gasteiger partial charge on any atom is 1.00 e. The first-order valence-corrected chi connectivity index (χ1v) is 72.6. The SMILES string of the molecule is C1COCCN1.CC[C@H]1CCCC[C@@H]1NC.COc1cccc(OC)c1-c1ccccc1P(C1CCCCC1)C1CCCCC1.Cn1cc(-c2ccc3nnc(Cc4cccc(-c5ncc(Br)cn5)c4)n3n2)cn1.Cn1cc(-c2ccc3nnc(Cc4cccc(-c5ncc(I)cn5)c4)n3n2)cn1.Cn1cc(-c2ccc3nnc(Cc4cccc(-c5ncc(N6CCOCC6)cn5)c4)n3n2)cn1.O=[P+]([O-])O[O-].[Cu][I].[I-].[K+].[K][K].[Na+]. The zero-order valence-electron chi connectivity index (χ0n) is 85.7. The number of aromatic nitrogens is 24. The minimum atomic E-state index is -3.15. The predicted octanol–water partition coefficient (Wildman–Crippen LogP) is 7.28. The van der Waals surface area contributed by atoms with Crippen LogP contribution in [0.2, 0.25) is 0 Å². The summed E-state index contributed by atoms with van der Waals surface area (Å²) in [5, 5.41) is 69.4. The van der Waals surface area contributed by atoms with Crippen molar-refractivity contribution in [3.63, 3.8) is 0 Å². The van der Waals surface area contributed by atoms with E-state index in [4.69, 9.17) is 49.0 Å². The van der Waals surface area contributed by atoms with Gasteiger partial charge < -0.3 is 68.6 Å². The van der Waals surface area contributed by atoms with E-state index in [1.165, 1.54) is 165 Å². The Morgan fingerprint density at radius 2 is 0.893 bits per heavy atom. The molecule has 764 valence electrons. The van der Waals surface area contributed by atoms with Crippen LogP contribution in [0.15, 0.2) is 230 Å². The number of morpholine rings is 2. The largest absolute Gasteiger partial charge is 1.00 e. The van der Waals surface area contributed by atoms with Gasteiger partial charge in [0.05, 0.1) is 104 Å². The summed E-state index contributed by atoms with van der Waals surface area (Å²) in [6, 6.07) is 52.1. The maximum absolute atomic E-state index is 8.87. The number of ether oxygens (including phenoxy) is 4. The average Bonchev–Trinajstić information content (AvgIpc) is 1.73. The number of fused-ring (bicyclic) bond motifs is 3. The Bertz CT molecular complexity index is 6690. The van der Waals surface area contributed by atoms with Gasteiger partial charge in [0.1, 0.15) is 11.5 Å². The molecule has 2 saturated heterocycles. The number of hydrogen-bond donors (Lipinski definition) is 2. The fourth-order valence-electron chi connectivity index (χ4n) is 18.4. The van der Waals surface area contributed by atoms with Crippen molar-refractivity contribution in [1.29, 1.82) is 0 Å². The Kier molecular flexibility index (Phi) is 55.4. The van der Waals surface area contributed by atoms with Crippen LogP contribution in [0.3, 0.4) is 0 Å². The number of halogens is 4. The van der Waals surface area contributed by atoms with Gasteiger partial charge in [-0.3, -0.25) is 14.0 Å². The van der Waals surface area contributed by atoms with Crippen LogP contribution in [0.5, 0.6) is 11.5 Å². The molecule has 3 saturated carbocycles. The second kappa shape index (κ2) is 66.3. The van der Waals surface area contributed by atoms with Crippen molar-refractivity contribution < 1.29 is 156 Å². The average molecular weight is 2590 g/mol. The van der Waals surface area contributed by atoms with Gasteiger partial charge in [-0.2, -0.15) is 44.1 Å². The molecule has 5 aromatic carbocycles. The Morgan fingerprint density at radius 1 is 0.510 bits per heavy atom. The van der Waals surface area contributed by atoms with E-state index in [1.54, 1.807) is 98.4 Å². The topological polar surface area (TPSA) is 397 Å². The van der Waals surface area contributed by atoms with Crippen molar-refractivity contribution in [3.05, 3.63) is 268 Å². The Balaban J connectivity index is 0.000000174. The van der Waals surface area contributed by atoms with Crippen molar-refractivity contribution in [2.75, 3.05) is 78.8 Å². The van der Waals surface area contributed by atoms with Crippen LogP contribution in [0.4, 0.5) is 5.69 Å². The van der Waals surface area contributed by atoms with E-state index in [9.17, 15) is 0 Å². The molecule has 5 aliphatic rings. The molecule has 0 amide bonds. The molecule has 2 N–H and O–H groups in total. The fraction of sp³-hybridized carbons (Fsp3) is 0.359. The maximum atomic E-state index is 8.87. The van der Waals surface area contributed by atoms with Crippen LogP contribution < -0.4 is 145 Å². The molecular weight excluding hydrogens is 2470 g/mol. The van der Waals surface area contributed by atoms with Crippen LogP contribution >= 0.6 is 75.0 Å². The summed E-state index contributed by atoms with van der Waals surface area (Å²) in [5.41, 5.74) is 18.8. The van der Waals surface area contributed by atoms with E-state index in [0.29, 0.717) is 53.7 Å². The molecule has 12 aromatic heterocycles. The van der Waals surface area contributed by atoms with Gasteiger partial charge in [-0.1, -0.05) is 158 Å². The zero-order valence-corrected chi connectivity index (χ0v) is 108. The summed E-state index contributed by atoms with van der Waals surface area (Å²) >= 11 is 13.9. The number of hydrogen-bond acceptors (Lipinski definition) is 29. The Labute approximate surface area is 1040 Å².